The molecule has 6 nitrogen and oxygen atoms in total. The second-order valence-electron chi connectivity index (χ2n) is 4.95. The average Bonchev–Trinajstić information content (AvgIpc) is 3.01. The molecule has 0 fully saturated rings. The van der Waals surface area contributed by atoms with Crippen molar-refractivity contribution >= 4 is 28.2 Å². The SMILES string of the molecule is COC(=O)c1ccsc1NC(=O)C1Oc2ccccc2OC1C. The van der Waals surface area contributed by atoms with Crippen molar-refractivity contribution in [2.45, 2.75) is 19.1 Å². The highest BCUT2D eigenvalue weighted by Crippen LogP contribution is 2.34. The van der Waals surface area contributed by atoms with E-state index in [2.05, 4.69) is 5.32 Å². The van der Waals surface area contributed by atoms with Crippen LogP contribution in [-0.2, 0) is 9.53 Å². The highest BCUT2D eigenvalue weighted by Gasteiger charge is 2.34. The monoisotopic (exact) mass is 333 g/mol. The normalized spacial score (nSPS) is 19.0. The number of nitrogens with one attached hydrogen (secondary N) is 1. The standard InChI is InChI=1S/C16H15NO5S/c1-9-13(22-12-6-4-3-5-11(12)21-9)14(18)17-15-10(7-8-23-15)16(19)20-2/h3-9,13H,1-2H3,(H,17,18). The van der Waals surface area contributed by atoms with Gasteiger partial charge in [-0.2, -0.15) is 0 Å². The van der Waals surface area contributed by atoms with Gasteiger partial charge in [-0.05, 0) is 30.5 Å². The van der Waals surface area contributed by atoms with Crippen molar-refractivity contribution in [2.24, 2.45) is 0 Å². The van der Waals surface area contributed by atoms with Crippen molar-refractivity contribution in [3.63, 3.8) is 0 Å². The second kappa shape index (κ2) is 6.29. The summed E-state index contributed by atoms with van der Waals surface area (Å²) in [5.74, 6) is 0.251. The highest BCUT2D eigenvalue weighted by atomic mass is 32.1. The molecule has 23 heavy (non-hydrogen) atoms. The fraction of sp³-hybridized carbons (Fsp3) is 0.250. The number of carbonyl (C=O) groups is 2. The lowest BCUT2D eigenvalue weighted by atomic mass is 10.1. The largest absolute Gasteiger partial charge is 0.482 e. The molecule has 0 aliphatic carbocycles. The van der Waals surface area contributed by atoms with Gasteiger partial charge in [-0.15, -0.1) is 11.3 Å². The smallest absolute Gasteiger partial charge is 0.340 e. The van der Waals surface area contributed by atoms with Gasteiger partial charge in [0.25, 0.3) is 5.91 Å². The second-order valence-corrected chi connectivity index (χ2v) is 5.87. The van der Waals surface area contributed by atoms with Gasteiger partial charge in [-0.1, -0.05) is 12.1 Å². The van der Waals surface area contributed by atoms with E-state index in [0.29, 0.717) is 22.1 Å². The quantitative estimate of drug-likeness (QED) is 0.874. The average molecular weight is 333 g/mol. The summed E-state index contributed by atoms with van der Waals surface area (Å²) in [5, 5.41) is 4.84. The lowest BCUT2D eigenvalue weighted by molar-refractivity contribution is -0.127. The van der Waals surface area contributed by atoms with Gasteiger partial charge >= 0.3 is 5.97 Å². The molecule has 3 rings (SSSR count). The van der Waals surface area contributed by atoms with Crippen LogP contribution in [0.5, 0.6) is 11.5 Å². The van der Waals surface area contributed by atoms with E-state index in [9.17, 15) is 9.59 Å². The third-order valence-electron chi connectivity index (χ3n) is 3.41. The number of thiophene rings is 1. The maximum absolute atomic E-state index is 12.5. The Kier molecular flexibility index (Phi) is 4.20. The Bertz CT molecular complexity index is 742. The predicted molar refractivity (Wildman–Crippen MR) is 85.2 cm³/mol. The third-order valence-corrected chi connectivity index (χ3v) is 4.24. The van der Waals surface area contributed by atoms with Gasteiger partial charge in [0, 0.05) is 0 Å². The van der Waals surface area contributed by atoms with Gasteiger partial charge in [-0.25, -0.2) is 4.79 Å². The number of amides is 1. The van der Waals surface area contributed by atoms with Crippen LogP contribution in [0.4, 0.5) is 5.00 Å². The Morgan fingerprint density at radius 2 is 1.87 bits per heavy atom. The number of ether oxygens (including phenoxy) is 3. The van der Waals surface area contributed by atoms with Crippen LogP contribution in [0, 0.1) is 0 Å². The number of benzene rings is 1. The summed E-state index contributed by atoms with van der Waals surface area (Å²) < 4.78 is 16.1. The van der Waals surface area contributed by atoms with E-state index < -0.39 is 18.2 Å². The van der Waals surface area contributed by atoms with Crippen LogP contribution >= 0.6 is 11.3 Å². The topological polar surface area (TPSA) is 73.9 Å². The Morgan fingerprint density at radius 1 is 1.17 bits per heavy atom. The molecule has 1 aliphatic rings. The number of hydrogen-bond donors (Lipinski definition) is 1. The van der Waals surface area contributed by atoms with E-state index in [4.69, 9.17) is 14.2 Å². The zero-order chi connectivity index (χ0) is 16.4. The number of rotatable bonds is 3. The summed E-state index contributed by atoms with van der Waals surface area (Å²) in [5.41, 5.74) is 0.315. The highest BCUT2D eigenvalue weighted by molar-refractivity contribution is 7.14. The summed E-state index contributed by atoms with van der Waals surface area (Å²) in [6.07, 6.45) is -1.26. The number of hydrogen-bond acceptors (Lipinski definition) is 6. The molecule has 0 saturated heterocycles. The molecular weight excluding hydrogens is 318 g/mol. The summed E-state index contributed by atoms with van der Waals surface area (Å²) in [4.78, 5) is 24.1. The maximum atomic E-state index is 12.5. The van der Waals surface area contributed by atoms with Crippen LogP contribution in [0.15, 0.2) is 35.7 Å². The lowest BCUT2D eigenvalue weighted by Gasteiger charge is -2.30. The van der Waals surface area contributed by atoms with E-state index in [1.165, 1.54) is 18.4 Å². The molecule has 120 valence electrons. The molecule has 1 amide bonds. The minimum absolute atomic E-state index is 0.315. The Labute approximate surface area is 137 Å². The van der Waals surface area contributed by atoms with Crippen LogP contribution in [0.25, 0.3) is 0 Å². The summed E-state index contributed by atoms with van der Waals surface area (Å²) in [6, 6.07) is 8.77. The van der Waals surface area contributed by atoms with Gasteiger partial charge in [0.2, 0.25) is 6.10 Å². The van der Waals surface area contributed by atoms with Crippen LogP contribution < -0.4 is 14.8 Å². The first kappa shape index (κ1) is 15.4. The van der Waals surface area contributed by atoms with Crippen molar-refractivity contribution in [3.05, 3.63) is 41.3 Å². The van der Waals surface area contributed by atoms with Gasteiger partial charge in [0.15, 0.2) is 11.5 Å². The maximum Gasteiger partial charge on any atom is 0.340 e. The lowest BCUT2D eigenvalue weighted by Crippen LogP contribution is -2.46. The van der Waals surface area contributed by atoms with Gasteiger partial charge in [-0.3, -0.25) is 4.79 Å². The zero-order valence-corrected chi connectivity index (χ0v) is 13.4. The molecule has 1 aromatic carbocycles. The summed E-state index contributed by atoms with van der Waals surface area (Å²) in [6.45, 7) is 1.76. The van der Waals surface area contributed by atoms with E-state index >= 15 is 0 Å². The number of fused-ring (bicyclic) bond motifs is 1. The van der Waals surface area contributed by atoms with Crippen molar-refractivity contribution in [3.8, 4) is 11.5 Å². The van der Waals surface area contributed by atoms with Crippen molar-refractivity contribution in [2.75, 3.05) is 12.4 Å². The first-order valence-electron chi connectivity index (χ1n) is 6.99. The molecule has 0 saturated carbocycles. The van der Waals surface area contributed by atoms with Crippen LogP contribution in [0.3, 0.4) is 0 Å². The number of para-hydroxylation sites is 2. The first-order valence-corrected chi connectivity index (χ1v) is 7.87. The molecule has 0 spiro atoms. The van der Waals surface area contributed by atoms with Crippen LogP contribution in [0.1, 0.15) is 17.3 Å². The summed E-state index contributed by atoms with van der Waals surface area (Å²) in [7, 11) is 1.29. The Balaban J connectivity index is 1.77. The van der Waals surface area contributed by atoms with E-state index in [1.54, 1.807) is 30.5 Å². The number of carbonyl (C=O) groups excluding carboxylic acids is 2. The number of anilines is 1. The molecule has 0 bridgehead atoms. The molecular formula is C16H15NO5S. The van der Waals surface area contributed by atoms with Crippen molar-refractivity contribution in [1.29, 1.82) is 0 Å². The fourth-order valence-corrected chi connectivity index (χ4v) is 3.04. The third kappa shape index (κ3) is 3.00. The first-order chi connectivity index (χ1) is 11.1. The van der Waals surface area contributed by atoms with Gasteiger partial charge in [0.1, 0.15) is 11.1 Å². The molecule has 2 heterocycles. The zero-order valence-electron chi connectivity index (χ0n) is 12.6. The molecule has 7 heteroatoms. The molecule has 1 aliphatic heterocycles. The van der Waals surface area contributed by atoms with Crippen molar-refractivity contribution in [1.82, 2.24) is 0 Å². The van der Waals surface area contributed by atoms with E-state index in [1.807, 2.05) is 12.1 Å². The minimum Gasteiger partial charge on any atom is -0.482 e. The van der Waals surface area contributed by atoms with E-state index in [-0.39, 0.29) is 5.91 Å². The Morgan fingerprint density at radius 3 is 2.57 bits per heavy atom. The molecule has 2 atom stereocenters. The van der Waals surface area contributed by atoms with Gasteiger partial charge < -0.3 is 19.5 Å². The molecule has 1 N–H and O–H groups in total. The molecule has 1 aromatic heterocycles. The van der Waals surface area contributed by atoms with Gasteiger partial charge in [0.05, 0.1) is 12.7 Å². The molecule has 0 radical (unpaired) electrons. The fourth-order valence-electron chi connectivity index (χ4n) is 2.27. The molecule has 2 aromatic rings. The van der Waals surface area contributed by atoms with Crippen LogP contribution in [-0.4, -0.2) is 31.2 Å². The Hall–Kier alpha value is -2.54. The van der Waals surface area contributed by atoms with Crippen LogP contribution in [0.2, 0.25) is 0 Å². The number of esters is 1. The van der Waals surface area contributed by atoms with E-state index in [0.717, 1.165) is 0 Å². The number of methoxy groups -OCH3 is 1. The van der Waals surface area contributed by atoms with Crippen molar-refractivity contribution < 1.29 is 23.8 Å². The predicted octanol–water partition coefficient (Wildman–Crippen LogP) is 2.70. The minimum atomic E-state index is -0.808. The molecule has 2 unspecified atom stereocenters. The summed E-state index contributed by atoms with van der Waals surface area (Å²) >= 11 is 1.24.